The maximum atomic E-state index is 13.3. The van der Waals surface area contributed by atoms with E-state index in [1.54, 1.807) is 25.4 Å². The largest absolute Gasteiger partial charge is 0.496 e. The first-order valence-corrected chi connectivity index (χ1v) is 11.2. The number of hydrogen-bond donors (Lipinski definition) is 1. The lowest BCUT2D eigenvalue weighted by atomic mass is 10.1. The van der Waals surface area contributed by atoms with Gasteiger partial charge in [-0.15, -0.1) is 0 Å². The van der Waals surface area contributed by atoms with E-state index < -0.39 is 17.6 Å². The van der Waals surface area contributed by atoms with Gasteiger partial charge in [0.05, 0.1) is 37.8 Å². The molecule has 3 aromatic rings. The fraction of sp³-hybridized carbons (Fsp3) is 0.292. The molecule has 1 aliphatic heterocycles. The van der Waals surface area contributed by atoms with E-state index in [4.69, 9.17) is 21.1 Å². The minimum atomic E-state index is -4.70. The van der Waals surface area contributed by atoms with Gasteiger partial charge in [-0.3, -0.25) is 9.59 Å². The summed E-state index contributed by atoms with van der Waals surface area (Å²) in [6, 6.07) is 6.28. The van der Waals surface area contributed by atoms with Gasteiger partial charge in [0.2, 0.25) is 0 Å². The van der Waals surface area contributed by atoms with Crippen molar-refractivity contribution in [1.82, 2.24) is 9.55 Å². The van der Waals surface area contributed by atoms with Gasteiger partial charge in [-0.25, -0.2) is 4.98 Å². The molecule has 1 aliphatic rings. The van der Waals surface area contributed by atoms with Crippen LogP contribution >= 0.6 is 11.6 Å². The van der Waals surface area contributed by atoms with Gasteiger partial charge in [0.1, 0.15) is 16.6 Å². The molecule has 190 valence electrons. The van der Waals surface area contributed by atoms with Gasteiger partial charge in [0.25, 0.3) is 11.5 Å². The summed E-state index contributed by atoms with van der Waals surface area (Å²) in [6.07, 6.45) is -1.80. The van der Waals surface area contributed by atoms with E-state index >= 15 is 0 Å². The number of aromatic nitrogens is 2. The summed E-state index contributed by atoms with van der Waals surface area (Å²) in [5.74, 6) is -1.16. The highest BCUT2D eigenvalue weighted by Gasteiger charge is 2.35. The molecule has 36 heavy (non-hydrogen) atoms. The van der Waals surface area contributed by atoms with E-state index in [1.807, 2.05) is 4.90 Å². The number of rotatable bonds is 5. The number of morpholine rings is 1. The Labute approximate surface area is 209 Å². The molecule has 0 radical (unpaired) electrons. The SMILES string of the molecule is COc1ccc(C(=O)Nc2cnc(Cl)c(-c3cc(N4CCOCC4)c(=O)n(C)c3)c2)cc1C(F)(F)F. The molecule has 1 aromatic carbocycles. The highest BCUT2D eigenvalue weighted by molar-refractivity contribution is 6.32. The number of carbonyl (C=O) groups excluding carboxylic acids is 1. The summed E-state index contributed by atoms with van der Waals surface area (Å²) in [4.78, 5) is 31.5. The second kappa shape index (κ2) is 10.2. The van der Waals surface area contributed by atoms with Crippen LogP contribution in [0.15, 0.2) is 47.5 Å². The predicted molar refractivity (Wildman–Crippen MR) is 129 cm³/mol. The number of anilines is 2. The van der Waals surface area contributed by atoms with E-state index in [2.05, 4.69) is 10.3 Å². The molecule has 8 nitrogen and oxygen atoms in total. The molecule has 0 bridgehead atoms. The van der Waals surface area contributed by atoms with Crippen molar-refractivity contribution in [1.29, 1.82) is 0 Å². The first-order valence-electron chi connectivity index (χ1n) is 10.8. The van der Waals surface area contributed by atoms with E-state index in [0.29, 0.717) is 43.1 Å². The molecule has 1 amide bonds. The molecule has 1 N–H and O–H groups in total. The molecule has 2 aromatic heterocycles. The summed E-state index contributed by atoms with van der Waals surface area (Å²) >= 11 is 6.34. The lowest BCUT2D eigenvalue weighted by molar-refractivity contribution is -0.138. The molecule has 0 saturated carbocycles. The van der Waals surface area contributed by atoms with Crippen LogP contribution in [0.25, 0.3) is 11.1 Å². The van der Waals surface area contributed by atoms with Gasteiger partial charge in [0, 0.05) is 43.0 Å². The Morgan fingerprint density at radius 1 is 1.19 bits per heavy atom. The number of nitrogens with zero attached hydrogens (tertiary/aromatic N) is 3. The Morgan fingerprint density at radius 2 is 1.92 bits per heavy atom. The predicted octanol–water partition coefficient (Wildman–Crippen LogP) is 4.22. The number of alkyl halides is 3. The number of ether oxygens (including phenoxy) is 2. The molecular weight excluding hydrogens is 501 g/mol. The Morgan fingerprint density at radius 3 is 2.58 bits per heavy atom. The standard InChI is InChI=1S/C24H22ClF3N4O4/c1-31-13-15(10-19(23(31)34)32-5-7-36-8-6-32)17-11-16(12-29-21(17)25)30-22(33)14-3-4-20(35-2)18(9-14)24(26,27)28/h3-4,9-13H,5-8H2,1-2H3,(H,30,33). The maximum absolute atomic E-state index is 13.3. The minimum Gasteiger partial charge on any atom is -0.496 e. The summed E-state index contributed by atoms with van der Waals surface area (Å²) in [5.41, 5.74) is 0.243. The van der Waals surface area contributed by atoms with Crippen molar-refractivity contribution in [3.63, 3.8) is 0 Å². The zero-order valence-corrected chi connectivity index (χ0v) is 20.1. The van der Waals surface area contributed by atoms with Gasteiger partial charge >= 0.3 is 6.18 Å². The third kappa shape index (κ3) is 5.31. The molecule has 1 saturated heterocycles. The number of nitrogens with one attached hydrogen (secondary N) is 1. The molecule has 0 spiro atoms. The maximum Gasteiger partial charge on any atom is 0.419 e. The van der Waals surface area contributed by atoms with Crippen LogP contribution in [0, 0.1) is 0 Å². The highest BCUT2D eigenvalue weighted by atomic mass is 35.5. The van der Waals surface area contributed by atoms with Crippen LogP contribution in [0.2, 0.25) is 5.15 Å². The summed E-state index contributed by atoms with van der Waals surface area (Å²) in [7, 11) is 2.74. The fourth-order valence-corrected chi connectivity index (χ4v) is 4.08. The number of halogens is 4. The summed E-state index contributed by atoms with van der Waals surface area (Å²) in [6.45, 7) is 2.11. The van der Waals surface area contributed by atoms with Crippen molar-refractivity contribution in [2.75, 3.05) is 43.6 Å². The zero-order valence-electron chi connectivity index (χ0n) is 19.4. The van der Waals surface area contributed by atoms with Crippen LogP contribution < -0.4 is 20.5 Å². The van der Waals surface area contributed by atoms with Gasteiger partial charge in [-0.05, 0) is 30.3 Å². The van der Waals surface area contributed by atoms with Crippen LogP contribution in [-0.4, -0.2) is 48.9 Å². The lowest BCUT2D eigenvalue weighted by Gasteiger charge is -2.28. The Kier molecular flexibility index (Phi) is 7.23. The van der Waals surface area contributed by atoms with Gasteiger partial charge in [-0.2, -0.15) is 13.2 Å². The van der Waals surface area contributed by atoms with Crippen molar-refractivity contribution < 1.29 is 27.4 Å². The third-order valence-corrected chi connectivity index (χ3v) is 5.99. The average Bonchev–Trinajstić information content (AvgIpc) is 2.86. The number of benzene rings is 1. The van der Waals surface area contributed by atoms with Crippen molar-refractivity contribution >= 4 is 28.9 Å². The Bertz CT molecular complexity index is 1350. The van der Waals surface area contributed by atoms with Crippen molar-refractivity contribution in [3.8, 4) is 16.9 Å². The number of carbonyl (C=O) groups is 1. The second-order valence-electron chi connectivity index (χ2n) is 8.06. The van der Waals surface area contributed by atoms with Crippen molar-refractivity contribution in [2.45, 2.75) is 6.18 Å². The Balaban J connectivity index is 1.66. The molecular formula is C24H22ClF3N4O4. The Hall–Kier alpha value is -3.57. The van der Waals surface area contributed by atoms with Crippen molar-refractivity contribution in [2.24, 2.45) is 7.05 Å². The zero-order chi connectivity index (χ0) is 26.0. The number of methoxy groups -OCH3 is 1. The molecule has 0 unspecified atom stereocenters. The van der Waals surface area contributed by atoms with Crippen LogP contribution in [0.5, 0.6) is 5.75 Å². The minimum absolute atomic E-state index is 0.128. The first kappa shape index (κ1) is 25.5. The van der Waals surface area contributed by atoms with E-state index in [-0.39, 0.29) is 27.7 Å². The van der Waals surface area contributed by atoms with Crippen LogP contribution in [0.4, 0.5) is 24.5 Å². The van der Waals surface area contributed by atoms with Gasteiger partial charge in [0.15, 0.2) is 0 Å². The van der Waals surface area contributed by atoms with E-state index in [9.17, 15) is 22.8 Å². The number of hydrogen-bond acceptors (Lipinski definition) is 6. The third-order valence-electron chi connectivity index (χ3n) is 5.69. The molecule has 0 atom stereocenters. The van der Waals surface area contributed by atoms with Gasteiger partial charge < -0.3 is 24.3 Å². The first-order chi connectivity index (χ1) is 17.1. The molecule has 1 fully saturated rings. The number of aryl methyl sites for hydroxylation is 1. The highest BCUT2D eigenvalue weighted by Crippen LogP contribution is 2.37. The molecule has 4 rings (SSSR count). The molecule has 3 heterocycles. The van der Waals surface area contributed by atoms with Gasteiger partial charge in [-0.1, -0.05) is 11.6 Å². The lowest BCUT2D eigenvalue weighted by Crippen LogP contribution is -2.40. The van der Waals surface area contributed by atoms with E-state index in [1.165, 1.54) is 16.8 Å². The summed E-state index contributed by atoms with van der Waals surface area (Å²) in [5, 5.41) is 2.68. The molecule has 0 aliphatic carbocycles. The monoisotopic (exact) mass is 522 g/mol. The van der Waals surface area contributed by atoms with Crippen LogP contribution in [0.3, 0.4) is 0 Å². The quantitative estimate of drug-likeness (QED) is 0.505. The van der Waals surface area contributed by atoms with Crippen LogP contribution in [0.1, 0.15) is 15.9 Å². The number of pyridine rings is 2. The average molecular weight is 523 g/mol. The van der Waals surface area contributed by atoms with Crippen LogP contribution in [-0.2, 0) is 18.0 Å². The van der Waals surface area contributed by atoms with E-state index in [0.717, 1.165) is 19.2 Å². The normalized spacial score (nSPS) is 14.0. The summed E-state index contributed by atoms with van der Waals surface area (Å²) < 4.78 is 51.6. The topological polar surface area (TPSA) is 85.7 Å². The fourth-order valence-electron chi connectivity index (χ4n) is 3.87. The number of amides is 1. The molecule has 12 heteroatoms. The smallest absolute Gasteiger partial charge is 0.419 e. The van der Waals surface area contributed by atoms with Crippen molar-refractivity contribution in [3.05, 3.63) is 69.4 Å². The second-order valence-corrected chi connectivity index (χ2v) is 8.42.